The van der Waals surface area contributed by atoms with E-state index < -0.39 is 41.7 Å². The topological polar surface area (TPSA) is 18.5 Å². The molecular weight excluding hydrogens is 427 g/mol. The standard InChI is InChI=1S/C25H25F5O2/c1-2-3-4-5-17-6-8-18(9-7-17)19-10-12-20(13-11-19)25(29,30)32-21-14-22(27)24(31-16-26)23(28)15-21/h10-15,17-18H,4-9,16H2,1H3. The first-order chi connectivity index (χ1) is 15.3. The Morgan fingerprint density at radius 2 is 1.62 bits per heavy atom. The monoisotopic (exact) mass is 452 g/mol. The van der Waals surface area contributed by atoms with Gasteiger partial charge in [0.25, 0.3) is 0 Å². The van der Waals surface area contributed by atoms with Crippen LogP contribution in [0.5, 0.6) is 11.5 Å². The Labute approximate surface area is 184 Å². The van der Waals surface area contributed by atoms with Gasteiger partial charge in [0.05, 0.1) is 5.56 Å². The van der Waals surface area contributed by atoms with Crippen LogP contribution in [0.1, 0.15) is 62.5 Å². The van der Waals surface area contributed by atoms with Crippen molar-refractivity contribution >= 4 is 0 Å². The molecule has 0 radical (unpaired) electrons. The minimum Gasteiger partial charge on any atom is -0.457 e. The van der Waals surface area contributed by atoms with Crippen LogP contribution >= 0.6 is 0 Å². The van der Waals surface area contributed by atoms with E-state index in [-0.39, 0.29) is 0 Å². The van der Waals surface area contributed by atoms with Gasteiger partial charge in [-0.25, -0.2) is 13.2 Å². The molecule has 172 valence electrons. The van der Waals surface area contributed by atoms with E-state index in [9.17, 15) is 22.0 Å². The first-order valence-corrected chi connectivity index (χ1v) is 10.6. The van der Waals surface area contributed by atoms with Gasteiger partial charge in [-0.05, 0) is 68.6 Å². The molecule has 0 aromatic heterocycles. The Morgan fingerprint density at radius 3 is 2.19 bits per heavy atom. The lowest BCUT2D eigenvalue weighted by Gasteiger charge is -2.28. The molecule has 1 saturated carbocycles. The normalized spacial score (nSPS) is 18.6. The zero-order chi connectivity index (χ0) is 23.1. The maximum absolute atomic E-state index is 14.6. The molecule has 0 atom stereocenters. The fourth-order valence-electron chi connectivity index (χ4n) is 4.13. The molecular formula is C25H25F5O2. The van der Waals surface area contributed by atoms with E-state index in [2.05, 4.69) is 21.3 Å². The third-order valence-corrected chi connectivity index (χ3v) is 5.84. The van der Waals surface area contributed by atoms with Crippen LogP contribution in [0, 0.1) is 29.4 Å². The summed E-state index contributed by atoms with van der Waals surface area (Å²) in [5.41, 5.74) is 0.555. The summed E-state index contributed by atoms with van der Waals surface area (Å²) in [4.78, 5) is 0. The second kappa shape index (κ2) is 10.7. The van der Waals surface area contributed by atoms with Gasteiger partial charge in [0.1, 0.15) is 5.75 Å². The van der Waals surface area contributed by atoms with E-state index in [1.54, 1.807) is 12.1 Å². The van der Waals surface area contributed by atoms with Crippen molar-refractivity contribution in [3.8, 4) is 23.3 Å². The summed E-state index contributed by atoms with van der Waals surface area (Å²) in [6.07, 6.45) is 2.39. The maximum Gasteiger partial charge on any atom is 0.426 e. The van der Waals surface area contributed by atoms with Gasteiger partial charge in [0.2, 0.25) is 6.86 Å². The molecule has 0 saturated heterocycles. The number of halogens is 5. The minimum atomic E-state index is -3.81. The highest BCUT2D eigenvalue weighted by molar-refractivity contribution is 5.36. The molecule has 0 unspecified atom stereocenters. The van der Waals surface area contributed by atoms with Gasteiger partial charge in [0, 0.05) is 18.6 Å². The summed E-state index contributed by atoms with van der Waals surface area (Å²) in [6.45, 7) is 0.386. The van der Waals surface area contributed by atoms with Crippen LogP contribution in [0.2, 0.25) is 0 Å². The summed E-state index contributed by atoms with van der Waals surface area (Å²) in [5, 5.41) is 0. The summed E-state index contributed by atoms with van der Waals surface area (Å²) >= 11 is 0. The number of hydrogen-bond acceptors (Lipinski definition) is 2. The number of ether oxygens (including phenoxy) is 2. The van der Waals surface area contributed by atoms with Crippen LogP contribution < -0.4 is 9.47 Å². The Balaban J connectivity index is 1.63. The van der Waals surface area contributed by atoms with Crippen LogP contribution in [0.3, 0.4) is 0 Å². The van der Waals surface area contributed by atoms with Gasteiger partial charge >= 0.3 is 6.11 Å². The third-order valence-electron chi connectivity index (χ3n) is 5.84. The van der Waals surface area contributed by atoms with Gasteiger partial charge in [-0.2, -0.15) is 8.78 Å². The fourth-order valence-corrected chi connectivity index (χ4v) is 4.13. The van der Waals surface area contributed by atoms with Crippen molar-refractivity contribution in [1.29, 1.82) is 0 Å². The highest BCUT2D eigenvalue weighted by Gasteiger charge is 2.35. The van der Waals surface area contributed by atoms with Crippen LogP contribution in [-0.2, 0) is 6.11 Å². The minimum absolute atomic E-state index is 0.318. The highest BCUT2D eigenvalue weighted by Crippen LogP contribution is 2.39. The van der Waals surface area contributed by atoms with Crippen molar-refractivity contribution in [1.82, 2.24) is 0 Å². The van der Waals surface area contributed by atoms with E-state index >= 15 is 0 Å². The molecule has 1 aliphatic carbocycles. The molecule has 0 bridgehead atoms. The van der Waals surface area contributed by atoms with Gasteiger partial charge in [-0.1, -0.05) is 12.1 Å². The van der Waals surface area contributed by atoms with Gasteiger partial charge in [-0.3, -0.25) is 0 Å². The Morgan fingerprint density at radius 1 is 1.00 bits per heavy atom. The average molecular weight is 452 g/mol. The van der Waals surface area contributed by atoms with Crippen molar-refractivity contribution < 1.29 is 31.4 Å². The summed E-state index contributed by atoms with van der Waals surface area (Å²) in [6, 6.07) is 6.90. The number of rotatable bonds is 8. The van der Waals surface area contributed by atoms with E-state index in [4.69, 9.17) is 0 Å². The van der Waals surface area contributed by atoms with Crippen molar-refractivity contribution in [3.63, 3.8) is 0 Å². The quantitative estimate of drug-likeness (QED) is 0.305. The van der Waals surface area contributed by atoms with Crippen molar-refractivity contribution in [2.75, 3.05) is 6.86 Å². The Bertz CT molecular complexity index is 932. The lowest BCUT2D eigenvalue weighted by atomic mass is 9.77. The molecule has 2 aromatic carbocycles. The fraction of sp³-hybridized carbons (Fsp3) is 0.440. The SMILES string of the molecule is CC#CCCC1CCC(c2ccc(C(F)(F)Oc3cc(F)c(OCF)c(F)c3)cc2)CC1. The second-order valence-electron chi connectivity index (χ2n) is 7.89. The molecule has 7 heteroatoms. The largest absolute Gasteiger partial charge is 0.457 e. The second-order valence-corrected chi connectivity index (χ2v) is 7.89. The summed E-state index contributed by atoms with van der Waals surface area (Å²) in [5.74, 6) is 2.60. The molecule has 0 heterocycles. The zero-order valence-electron chi connectivity index (χ0n) is 17.8. The Hall–Kier alpha value is -2.75. The lowest BCUT2D eigenvalue weighted by Crippen LogP contribution is -2.22. The number of hydrogen-bond donors (Lipinski definition) is 0. The number of alkyl halides is 3. The molecule has 1 fully saturated rings. The summed E-state index contributed by atoms with van der Waals surface area (Å²) in [7, 11) is 0. The van der Waals surface area contributed by atoms with Crippen molar-refractivity contribution in [2.24, 2.45) is 5.92 Å². The maximum atomic E-state index is 14.6. The molecule has 32 heavy (non-hydrogen) atoms. The first kappa shape index (κ1) is 23.9. The Kier molecular flexibility index (Phi) is 8.00. The van der Waals surface area contributed by atoms with Gasteiger partial charge in [-0.15, -0.1) is 11.8 Å². The molecule has 0 amide bonds. The molecule has 2 aromatic rings. The van der Waals surface area contributed by atoms with Crippen LogP contribution in [0.25, 0.3) is 0 Å². The van der Waals surface area contributed by atoms with Crippen molar-refractivity contribution in [2.45, 2.75) is 57.5 Å². The number of benzene rings is 2. The lowest BCUT2D eigenvalue weighted by molar-refractivity contribution is -0.185. The van der Waals surface area contributed by atoms with E-state index in [1.165, 1.54) is 12.1 Å². The molecule has 0 spiro atoms. The van der Waals surface area contributed by atoms with Gasteiger partial charge in [0.15, 0.2) is 17.4 Å². The highest BCUT2D eigenvalue weighted by atomic mass is 19.3. The molecule has 2 nitrogen and oxygen atoms in total. The first-order valence-electron chi connectivity index (χ1n) is 10.6. The average Bonchev–Trinajstić information content (AvgIpc) is 2.77. The van der Waals surface area contributed by atoms with Gasteiger partial charge < -0.3 is 9.47 Å². The smallest absolute Gasteiger partial charge is 0.426 e. The van der Waals surface area contributed by atoms with Crippen LogP contribution in [0.4, 0.5) is 22.0 Å². The predicted molar refractivity (Wildman–Crippen MR) is 111 cm³/mol. The predicted octanol–water partition coefficient (Wildman–Crippen LogP) is 7.48. The molecule has 0 N–H and O–H groups in total. The molecule has 0 aliphatic heterocycles. The van der Waals surface area contributed by atoms with Crippen LogP contribution in [-0.4, -0.2) is 6.86 Å². The third kappa shape index (κ3) is 5.93. The zero-order valence-corrected chi connectivity index (χ0v) is 17.8. The van der Waals surface area contributed by atoms with E-state index in [0.29, 0.717) is 24.0 Å². The van der Waals surface area contributed by atoms with Crippen LogP contribution in [0.15, 0.2) is 36.4 Å². The molecule has 1 aliphatic rings. The van der Waals surface area contributed by atoms with Crippen molar-refractivity contribution in [3.05, 3.63) is 59.2 Å². The molecule has 3 rings (SSSR count). The van der Waals surface area contributed by atoms with E-state index in [1.807, 2.05) is 6.92 Å². The summed E-state index contributed by atoms with van der Waals surface area (Å²) < 4.78 is 77.6. The van der Waals surface area contributed by atoms with E-state index in [0.717, 1.165) is 44.1 Å².